The second-order valence-corrected chi connectivity index (χ2v) is 9.55. The van der Waals surface area contributed by atoms with Crippen LogP contribution in [0.5, 0.6) is 11.5 Å². The third kappa shape index (κ3) is 2.59. The van der Waals surface area contributed by atoms with Crippen molar-refractivity contribution in [1.82, 2.24) is 4.90 Å². The molecule has 5 fully saturated rings. The molecule has 4 aliphatic carbocycles. The molecule has 1 aromatic rings. The predicted octanol–water partition coefficient (Wildman–Crippen LogP) is 4.19. The molecule has 6 aliphatic rings. The van der Waals surface area contributed by atoms with Gasteiger partial charge in [-0.25, -0.2) is 0 Å². The highest BCUT2D eigenvalue weighted by atomic mass is 16.6. The van der Waals surface area contributed by atoms with E-state index in [1.54, 1.807) is 0 Å². The van der Waals surface area contributed by atoms with Gasteiger partial charge in [0.25, 0.3) is 0 Å². The van der Waals surface area contributed by atoms with Gasteiger partial charge in [-0.3, -0.25) is 4.79 Å². The fourth-order valence-corrected chi connectivity index (χ4v) is 7.16. The number of hydrogen-bond donors (Lipinski definition) is 0. The zero-order chi connectivity index (χ0) is 18.0. The van der Waals surface area contributed by atoms with Crippen molar-refractivity contribution in [3.05, 3.63) is 23.8 Å². The molecule has 1 atom stereocenters. The lowest BCUT2D eigenvalue weighted by Gasteiger charge is -2.54. The Morgan fingerprint density at radius 3 is 2.37 bits per heavy atom. The SMILES string of the molecule is O=C(C1C2CC3CC(C2)CC1C3)N1CCCC1c1ccc2c(c1)OCCO2. The number of amides is 1. The summed E-state index contributed by atoms with van der Waals surface area (Å²) in [6, 6.07) is 6.49. The van der Waals surface area contributed by atoms with Crippen LogP contribution >= 0.6 is 0 Å². The van der Waals surface area contributed by atoms with Crippen molar-refractivity contribution >= 4 is 5.91 Å². The van der Waals surface area contributed by atoms with Crippen LogP contribution in [0, 0.1) is 29.6 Å². The van der Waals surface area contributed by atoms with Crippen LogP contribution in [0.2, 0.25) is 0 Å². The minimum absolute atomic E-state index is 0.213. The second-order valence-electron chi connectivity index (χ2n) is 9.55. The van der Waals surface area contributed by atoms with Crippen molar-refractivity contribution in [2.24, 2.45) is 29.6 Å². The maximum atomic E-state index is 13.7. The summed E-state index contributed by atoms with van der Waals surface area (Å²) in [5.74, 6) is 5.60. The summed E-state index contributed by atoms with van der Waals surface area (Å²) in [5.41, 5.74) is 1.22. The number of likely N-dealkylation sites (tertiary alicyclic amines) is 1. The second kappa shape index (κ2) is 6.15. The zero-order valence-electron chi connectivity index (χ0n) is 15.9. The van der Waals surface area contributed by atoms with Crippen molar-refractivity contribution in [1.29, 1.82) is 0 Å². The molecule has 1 aromatic carbocycles. The molecule has 4 bridgehead atoms. The smallest absolute Gasteiger partial charge is 0.226 e. The average molecular weight is 367 g/mol. The average Bonchev–Trinajstić information content (AvgIpc) is 3.16. The van der Waals surface area contributed by atoms with Gasteiger partial charge in [0.2, 0.25) is 5.91 Å². The van der Waals surface area contributed by atoms with Crippen LogP contribution < -0.4 is 9.47 Å². The van der Waals surface area contributed by atoms with Gasteiger partial charge in [-0.2, -0.15) is 0 Å². The lowest BCUT2D eigenvalue weighted by atomic mass is 9.51. The van der Waals surface area contributed by atoms with Crippen LogP contribution in [0.15, 0.2) is 18.2 Å². The molecule has 2 aliphatic heterocycles. The van der Waals surface area contributed by atoms with Gasteiger partial charge in [-0.15, -0.1) is 0 Å². The molecule has 4 saturated carbocycles. The standard InChI is InChI=1S/C23H29NO3/c25-23(22-17-9-14-8-15(11-17)12-18(22)10-14)24-5-1-2-19(24)16-3-4-20-21(13-16)27-7-6-26-20/h3-4,13-15,17-19,22H,1-2,5-12H2. The Kier molecular flexibility index (Phi) is 3.70. The minimum Gasteiger partial charge on any atom is -0.486 e. The van der Waals surface area contributed by atoms with Crippen LogP contribution in [-0.4, -0.2) is 30.6 Å². The van der Waals surface area contributed by atoms with E-state index in [-0.39, 0.29) is 6.04 Å². The van der Waals surface area contributed by atoms with Gasteiger partial charge in [0.15, 0.2) is 11.5 Å². The van der Waals surface area contributed by atoms with Crippen LogP contribution in [0.4, 0.5) is 0 Å². The van der Waals surface area contributed by atoms with E-state index in [1.807, 2.05) is 6.07 Å². The highest BCUT2D eigenvalue weighted by molar-refractivity contribution is 5.80. The van der Waals surface area contributed by atoms with Gasteiger partial charge in [-0.05, 0) is 86.3 Å². The first-order valence-electron chi connectivity index (χ1n) is 11.0. The number of nitrogens with zero attached hydrogens (tertiary/aromatic N) is 1. The molecule has 1 unspecified atom stereocenters. The van der Waals surface area contributed by atoms with Gasteiger partial charge in [0.1, 0.15) is 13.2 Å². The summed E-state index contributed by atoms with van der Waals surface area (Å²) in [6.07, 6.45) is 8.87. The fourth-order valence-electron chi connectivity index (χ4n) is 7.16. The van der Waals surface area contributed by atoms with E-state index < -0.39 is 0 Å². The number of ether oxygens (including phenoxy) is 2. The normalized spacial score (nSPS) is 39.0. The molecule has 0 spiro atoms. The van der Waals surface area contributed by atoms with E-state index in [4.69, 9.17) is 9.47 Å². The molecule has 2 heterocycles. The Balaban J connectivity index is 1.26. The Bertz CT molecular complexity index is 732. The van der Waals surface area contributed by atoms with Crippen LogP contribution in [0.3, 0.4) is 0 Å². The summed E-state index contributed by atoms with van der Waals surface area (Å²) in [4.78, 5) is 15.9. The highest BCUT2D eigenvalue weighted by Crippen LogP contribution is 2.57. The summed E-state index contributed by atoms with van der Waals surface area (Å²) < 4.78 is 11.5. The number of fused-ring (bicyclic) bond motifs is 1. The lowest BCUT2D eigenvalue weighted by Crippen LogP contribution is -2.51. The molecule has 7 rings (SSSR count). The highest BCUT2D eigenvalue weighted by Gasteiger charge is 2.52. The predicted molar refractivity (Wildman–Crippen MR) is 102 cm³/mol. The quantitative estimate of drug-likeness (QED) is 0.787. The molecular formula is C23H29NO3. The van der Waals surface area contributed by atoms with Crippen molar-refractivity contribution < 1.29 is 14.3 Å². The number of hydrogen-bond acceptors (Lipinski definition) is 3. The number of carbonyl (C=O) groups excluding carboxylic acids is 1. The topological polar surface area (TPSA) is 38.8 Å². The molecule has 1 saturated heterocycles. The zero-order valence-corrected chi connectivity index (χ0v) is 15.9. The van der Waals surface area contributed by atoms with Gasteiger partial charge in [-0.1, -0.05) is 6.07 Å². The maximum absolute atomic E-state index is 13.7. The maximum Gasteiger partial charge on any atom is 0.226 e. The van der Waals surface area contributed by atoms with Crippen molar-refractivity contribution in [2.45, 2.75) is 51.0 Å². The molecule has 0 aromatic heterocycles. The Morgan fingerprint density at radius 2 is 1.63 bits per heavy atom. The molecule has 0 N–H and O–H groups in total. The van der Waals surface area contributed by atoms with E-state index in [0.717, 1.165) is 42.7 Å². The van der Waals surface area contributed by atoms with Crippen LogP contribution in [0.25, 0.3) is 0 Å². The number of carbonyl (C=O) groups is 1. The van der Waals surface area contributed by atoms with Gasteiger partial charge < -0.3 is 14.4 Å². The Morgan fingerprint density at radius 1 is 0.926 bits per heavy atom. The van der Waals surface area contributed by atoms with Crippen molar-refractivity contribution in [3.63, 3.8) is 0 Å². The molecule has 144 valence electrons. The van der Waals surface area contributed by atoms with E-state index in [1.165, 1.54) is 37.7 Å². The van der Waals surface area contributed by atoms with E-state index >= 15 is 0 Å². The van der Waals surface area contributed by atoms with Crippen LogP contribution in [-0.2, 0) is 4.79 Å². The van der Waals surface area contributed by atoms with Crippen molar-refractivity contribution in [2.75, 3.05) is 19.8 Å². The molecule has 0 radical (unpaired) electrons. The summed E-state index contributed by atoms with van der Waals surface area (Å²) in [7, 11) is 0. The van der Waals surface area contributed by atoms with E-state index in [2.05, 4.69) is 17.0 Å². The molecular weight excluding hydrogens is 338 g/mol. The third-order valence-electron chi connectivity index (χ3n) is 8.00. The van der Waals surface area contributed by atoms with Gasteiger partial charge in [0.05, 0.1) is 6.04 Å². The Hall–Kier alpha value is -1.71. The monoisotopic (exact) mass is 367 g/mol. The Labute approximate surface area is 161 Å². The third-order valence-corrected chi connectivity index (χ3v) is 8.00. The number of rotatable bonds is 2. The largest absolute Gasteiger partial charge is 0.486 e. The van der Waals surface area contributed by atoms with E-state index in [0.29, 0.717) is 36.9 Å². The van der Waals surface area contributed by atoms with Crippen LogP contribution in [0.1, 0.15) is 56.6 Å². The van der Waals surface area contributed by atoms with Gasteiger partial charge in [0, 0.05) is 12.5 Å². The first-order valence-corrected chi connectivity index (χ1v) is 11.0. The molecule has 27 heavy (non-hydrogen) atoms. The van der Waals surface area contributed by atoms with Gasteiger partial charge >= 0.3 is 0 Å². The fraction of sp³-hybridized carbons (Fsp3) is 0.696. The molecule has 1 amide bonds. The van der Waals surface area contributed by atoms with E-state index in [9.17, 15) is 4.79 Å². The number of benzene rings is 1. The molecule has 4 nitrogen and oxygen atoms in total. The first-order chi connectivity index (χ1) is 13.3. The van der Waals surface area contributed by atoms with Crippen molar-refractivity contribution in [3.8, 4) is 11.5 Å². The summed E-state index contributed by atoms with van der Waals surface area (Å²) >= 11 is 0. The summed E-state index contributed by atoms with van der Waals surface area (Å²) in [5, 5.41) is 0. The minimum atomic E-state index is 0.213. The summed E-state index contributed by atoms with van der Waals surface area (Å²) in [6.45, 7) is 2.14. The lowest BCUT2D eigenvalue weighted by molar-refractivity contribution is -0.150. The molecule has 4 heteroatoms. The first kappa shape index (κ1) is 16.3.